The second kappa shape index (κ2) is 6.37. The minimum Gasteiger partial charge on any atom is -0.464 e. The fourth-order valence-electron chi connectivity index (χ4n) is 1.10. The molecule has 17 heavy (non-hydrogen) atoms. The van der Waals surface area contributed by atoms with Crippen LogP contribution in [0.3, 0.4) is 0 Å². The minimum atomic E-state index is -0.454. The van der Waals surface area contributed by atoms with Gasteiger partial charge in [-0.3, -0.25) is 4.99 Å². The minimum absolute atomic E-state index is 0.273. The van der Waals surface area contributed by atoms with Crippen molar-refractivity contribution in [2.45, 2.75) is 6.92 Å². The van der Waals surface area contributed by atoms with Gasteiger partial charge < -0.3 is 4.74 Å². The number of hydrogen-bond acceptors (Lipinski definition) is 4. The first-order valence-electron chi connectivity index (χ1n) is 5.07. The lowest BCUT2D eigenvalue weighted by molar-refractivity contribution is 0.0594. The Kier molecular flexibility index (Phi) is 4.81. The van der Waals surface area contributed by atoms with Crippen LogP contribution in [0.2, 0.25) is 0 Å². The summed E-state index contributed by atoms with van der Waals surface area (Å²) in [5, 5.41) is 0. The smallest absolute Gasteiger partial charge is 0.356 e. The molecule has 0 aliphatic heterocycles. The largest absolute Gasteiger partial charge is 0.464 e. The van der Waals surface area contributed by atoms with Crippen molar-refractivity contribution < 1.29 is 9.53 Å². The first-order valence-corrected chi connectivity index (χ1v) is 5.07. The van der Waals surface area contributed by atoms with Crippen molar-refractivity contribution in [2.75, 3.05) is 7.11 Å². The maximum atomic E-state index is 11.2. The van der Waals surface area contributed by atoms with Crippen molar-refractivity contribution >= 4 is 17.8 Å². The van der Waals surface area contributed by atoms with Crippen molar-refractivity contribution in [3.8, 4) is 0 Å². The quantitative estimate of drug-likeness (QED) is 0.589. The Morgan fingerprint density at radius 3 is 2.82 bits per heavy atom. The lowest BCUT2D eigenvalue weighted by Crippen LogP contribution is -2.03. The number of nitrogens with zero attached hydrogens (tertiary/aromatic N) is 2. The number of aromatic nitrogens is 1. The molecule has 4 heteroatoms. The van der Waals surface area contributed by atoms with E-state index >= 15 is 0 Å². The Morgan fingerprint density at radius 1 is 1.53 bits per heavy atom. The molecule has 4 nitrogen and oxygen atoms in total. The standard InChI is InChI=1S/C13H14N2O2/c1-4-7-14-8-10(2)11-5-6-12(15-9-11)13(16)17-3/h4-9H,2H2,1,3H3/b7-4-,14-8?. The van der Waals surface area contributed by atoms with Gasteiger partial charge in [0.15, 0.2) is 0 Å². The number of rotatable bonds is 4. The van der Waals surface area contributed by atoms with E-state index in [0.717, 1.165) is 11.1 Å². The molecule has 0 fully saturated rings. The molecule has 0 saturated carbocycles. The van der Waals surface area contributed by atoms with Gasteiger partial charge in [-0.05, 0) is 18.6 Å². The summed E-state index contributed by atoms with van der Waals surface area (Å²) in [4.78, 5) is 19.2. The highest BCUT2D eigenvalue weighted by atomic mass is 16.5. The summed E-state index contributed by atoms with van der Waals surface area (Å²) >= 11 is 0. The van der Waals surface area contributed by atoms with Gasteiger partial charge in [-0.2, -0.15) is 0 Å². The summed E-state index contributed by atoms with van der Waals surface area (Å²) in [6.45, 7) is 5.73. The van der Waals surface area contributed by atoms with E-state index in [1.165, 1.54) is 7.11 Å². The van der Waals surface area contributed by atoms with E-state index in [0.29, 0.717) is 0 Å². The monoisotopic (exact) mass is 230 g/mol. The van der Waals surface area contributed by atoms with Crippen LogP contribution in [-0.4, -0.2) is 24.3 Å². The Morgan fingerprint density at radius 2 is 2.29 bits per heavy atom. The van der Waals surface area contributed by atoms with Gasteiger partial charge in [0.2, 0.25) is 0 Å². The highest BCUT2D eigenvalue weighted by Gasteiger charge is 2.06. The van der Waals surface area contributed by atoms with Crippen LogP contribution in [0, 0.1) is 0 Å². The molecule has 88 valence electrons. The molecule has 0 aliphatic carbocycles. The third-order valence-electron chi connectivity index (χ3n) is 1.99. The topological polar surface area (TPSA) is 51.5 Å². The number of carbonyl (C=O) groups excluding carboxylic acids is 1. The van der Waals surface area contributed by atoms with Crippen molar-refractivity contribution in [3.63, 3.8) is 0 Å². The van der Waals surface area contributed by atoms with Gasteiger partial charge in [-0.1, -0.05) is 18.7 Å². The molecule has 0 amide bonds. The molecular weight excluding hydrogens is 216 g/mol. The molecule has 0 aliphatic rings. The normalized spacial score (nSPS) is 10.9. The molecule has 0 N–H and O–H groups in total. The fraction of sp³-hybridized carbons (Fsp3) is 0.154. The van der Waals surface area contributed by atoms with Gasteiger partial charge in [0.05, 0.1) is 7.11 Å². The van der Waals surface area contributed by atoms with E-state index < -0.39 is 5.97 Å². The number of pyridine rings is 1. The predicted octanol–water partition coefficient (Wildman–Crippen LogP) is 2.49. The van der Waals surface area contributed by atoms with Crippen molar-refractivity contribution in [3.05, 3.63) is 48.4 Å². The van der Waals surface area contributed by atoms with Gasteiger partial charge in [0, 0.05) is 24.2 Å². The fourth-order valence-corrected chi connectivity index (χ4v) is 1.10. The van der Waals surface area contributed by atoms with Gasteiger partial charge in [0.25, 0.3) is 0 Å². The number of hydrogen-bond donors (Lipinski definition) is 0. The van der Waals surface area contributed by atoms with E-state index in [1.807, 2.05) is 13.0 Å². The van der Waals surface area contributed by atoms with Crippen molar-refractivity contribution in [1.29, 1.82) is 0 Å². The number of methoxy groups -OCH3 is 1. The van der Waals surface area contributed by atoms with Crippen LogP contribution < -0.4 is 0 Å². The molecule has 1 heterocycles. The predicted molar refractivity (Wildman–Crippen MR) is 67.9 cm³/mol. The van der Waals surface area contributed by atoms with Gasteiger partial charge >= 0.3 is 5.97 Å². The zero-order chi connectivity index (χ0) is 12.7. The second-order valence-corrected chi connectivity index (χ2v) is 3.21. The van der Waals surface area contributed by atoms with Gasteiger partial charge in [-0.15, -0.1) is 0 Å². The molecule has 0 radical (unpaired) electrons. The Hall–Kier alpha value is -2.23. The molecule has 0 aromatic carbocycles. The SMILES string of the molecule is C=C(C=N/C=C\C)c1ccc(C(=O)OC)nc1. The zero-order valence-corrected chi connectivity index (χ0v) is 9.88. The molecule has 1 aromatic heterocycles. The van der Waals surface area contributed by atoms with Gasteiger partial charge in [0.1, 0.15) is 5.69 Å². The molecule has 0 spiro atoms. The van der Waals surface area contributed by atoms with E-state index in [4.69, 9.17) is 0 Å². The molecule has 1 aromatic rings. The van der Waals surface area contributed by atoms with E-state index in [2.05, 4.69) is 21.3 Å². The van der Waals surface area contributed by atoms with E-state index in [9.17, 15) is 4.79 Å². The lowest BCUT2D eigenvalue weighted by Gasteiger charge is -2.01. The summed E-state index contributed by atoms with van der Waals surface area (Å²) in [6, 6.07) is 3.35. The number of ether oxygens (including phenoxy) is 1. The van der Waals surface area contributed by atoms with Crippen LogP contribution >= 0.6 is 0 Å². The Balaban J connectivity index is 2.80. The molecule has 1 rings (SSSR count). The highest BCUT2D eigenvalue weighted by Crippen LogP contribution is 2.10. The summed E-state index contributed by atoms with van der Waals surface area (Å²) in [7, 11) is 1.32. The second-order valence-electron chi connectivity index (χ2n) is 3.21. The summed E-state index contributed by atoms with van der Waals surface area (Å²) in [5.74, 6) is -0.454. The van der Waals surface area contributed by atoms with Gasteiger partial charge in [-0.25, -0.2) is 9.78 Å². The summed E-state index contributed by atoms with van der Waals surface area (Å²) < 4.78 is 4.56. The van der Waals surface area contributed by atoms with Crippen molar-refractivity contribution in [1.82, 2.24) is 4.98 Å². The number of esters is 1. The lowest BCUT2D eigenvalue weighted by atomic mass is 10.1. The third kappa shape index (κ3) is 3.68. The Bertz CT molecular complexity index is 459. The zero-order valence-electron chi connectivity index (χ0n) is 9.88. The summed E-state index contributed by atoms with van der Waals surface area (Å²) in [5.41, 5.74) is 1.81. The maximum absolute atomic E-state index is 11.2. The number of allylic oxidation sites excluding steroid dienone is 2. The van der Waals surface area contributed by atoms with Crippen LogP contribution in [0.5, 0.6) is 0 Å². The molecule has 0 atom stereocenters. The molecular formula is C13H14N2O2. The third-order valence-corrected chi connectivity index (χ3v) is 1.99. The van der Waals surface area contributed by atoms with Crippen LogP contribution in [0.15, 0.2) is 42.2 Å². The van der Waals surface area contributed by atoms with Crippen LogP contribution in [0.1, 0.15) is 23.0 Å². The van der Waals surface area contributed by atoms with Crippen LogP contribution in [0.25, 0.3) is 5.57 Å². The van der Waals surface area contributed by atoms with Crippen LogP contribution in [-0.2, 0) is 4.74 Å². The maximum Gasteiger partial charge on any atom is 0.356 e. The highest BCUT2D eigenvalue weighted by molar-refractivity contribution is 6.08. The Labute approximate surface area is 100 Å². The van der Waals surface area contributed by atoms with E-state index in [1.54, 1.807) is 30.7 Å². The first-order chi connectivity index (χ1) is 8.19. The average molecular weight is 230 g/mol. The van der Waals surface area contributed by atoms with E-state index in [-0.39, 0.29) is 5.69 Å². The molecule has 0 bridgehead atoms. The summed E-state index contributed by atoms with van der Waals surface area (Å²) in [6.07, 6.45) is 6.69. The van der Waals surface area contributed by atoms with Crippen LogP contribution in [0.4, 0.5) is 0 Å². The first kappa shape index (κ1) is 12.8. The number of aliphatic imine (C=N–C) groups is 1. The van der Waals surface area contributed by atoms with Crippen molar-refractivity contribution in [2.24, 2.45) is 4.99 Å². The molecule has 0 unspecified atom stereocenters. The number of carbonyl (C=O) groups is 1. The average Bonchev–Trinajstić information content (AvgIpc) is 2.38. The molecule has 0 saturated heterocycles.